The zero-order valence-electron chi connectivity index (χ0n) is 9.84. The minimum absolute atomic E-state index is 0.573. The molecule has 17 heavy (non-hydrogen) atoms. The van der Waals surface area contributed by atoms with Gasteiger partial charge in [-0.2, -0.15) is 4.37 Å². The van der Waals surface area contributed by atoms with E-state index in [-0.39, 0.29) is 0 Å². The van der Waals surface area contributed by atoms with E-state index in [4.69, 9.17) is 5.73 Å². The second kappa shape index (κ2) is 5.75. The van der Waals surface area contributed by atoms with Crippen LogP contribution in [0.2, 0.25) is 0 Å². The molecule has 0 fully saturated rings. The molecule has 0 aliphatic heterocycles. The third-order valence-corrected chi connectivity index (χ3v) is 3.43. The fourth-order valence-electron chi connectivity index (χ4n) is 1.74. The van der Waals surface area contributed by atoms with Crippen LogP contribution in [-0.2, 0) is 13.1 Å². The first-order valence-corrected chi connectivity index (χ1v) is 6.41. The lowest BCUT2D eigenvalue weighted by Crippen LogP contribution is -2.22. The van der Waals surface area contributed by atoms with Crippen molar-refractivity contribution in [3.05, 3.63) is 41.7 Å². The van der Waals surface area contributed by atoms with Crippen molar-refractivity contribution in [2.75, 3.05) is 11.4 Å². The molecule has 0 amide bonds. The van der Waals surface area contributed by atoms with Gasteiger partial charge in [-0.25, -0.2) is 4.98 Å². The lowest BCUT2D eigenvalue weighted by atomic mass is 10.1. The summed E-state index contributed by atoms with van der Waals surface area (Å²) in [7, 11) is 0. The molecule has 2 N–H and O–H groups in total. The van der Waals surface area contributed by atoms with Crippen LogP contribution in [0.1, 0.15) is 18.1 Å². The number of hydrogen-bond acceptors (Lipinski definition) is 5. The highest BCUT2D eigenvalue weighted by Crippen LogP contribution is 2.19. The Kier molecular flexibility index (Phi) is 4.06. The van der Waals surface area contributed by atoms with Crippen LogP contribution in [0.3, 0.4) is 0 Å². The highest BCUT2D eigenvalue weighted by molar-refractivity contribution is 7.09. The normalized spacial score (nSPS) is 10.5. The number of aromatic nitrogens is 2. The Balaban J connectivity index is 2.18. The van der Waals surface area contributed by atoms with E-state index >= 15 is 0 Å². The van der Waals surface area contributed by atoms with Crippen LogP contribution in [0.4, 0.5) is 5.13 Å². The van der Waals surface area contributed by atoms with E-state index in [0.717, 1.165) is 18.2 Å². The Morgan fingerprint density at radius 3 is 2.65 bits per heavy atom. The Morgan fingerprint density at radius 1 is 1.29 bits per heavy atom. The van der Waals surface area contributed by atoms with Gasteiger partial charge in [0.2, 0.25) is 5.13 Å². The molecule has 0 spiro atoms. The van der Waals surface area contributed by atoms with Gasteiger partial charge in [0.15, 0.2) is 0 Å². The highest BCUT2D eigenvalue weighted by atomic mass is 32.1. The summed E-state index contributed by atoms with van der Waals surface area (Å²) in [6.07, 6.45) is 1.59. The third kappa shape index (κ3) is 2.81. The van der Waals surface area contributed by atoms with Crippen molar-refractivity contribution >= 4 is 16.7 Å². The molecule has 1 heterocycles. The average Bonchev–Trinajstić information content (AvgIpc) is 2.90. The Hall–Kier alpha value is -1.46. The van der Waals surface area contributed by atoms with Crippen LogP contribution in [-0.4, -0.2) is 15.9 Å². The molecular formula is C12H16N4S. The molecule has 0 atom stereocenters. The third-order valence-electron chi connectivity index (χ3n) is 2.70. The summed E-state index contributed by atoms with van der Waals surface area (Å²) in [5.41, 5.74) is 8.19. The van der Waals surface area contributed by atoms with Gasteiger partial charge in [0.25, 0.3) is 0 Å². The van der Waals surface area contributed by atoms with Gasteiger partial charge in [0.05, 0.1) is 0 Å². The number of anilines is 1. The average molecular weight is 248 g/mol. The Labute approximate surface area is 105 Å². The van der Waals surface area contributed by atoms with E-state index in [2.05, 4.69) is 33.3 Å². The van der Waals surface area contributed by atoms with Gasteiger partial charge in [-0.05, 0) is 18.1 Å². The van der Waals surface area contributed by atoms with Crippen LogP contribution in [0.5, 0.6) is 0 Å². The molecule has 5 heteroatoms. The van der Waals surface area contributed by atoms with Crippen molar-refractivity contribution in [1.29, 1.82) is 0 Å². The molecule has 1 aromatic carbocycles. The van der Waals surface area contributed by atoms with Gasteiger partial charge in [-0.3, -0.25) is 0 Å². The SMILES string of the molecule is CCN(Cc1ccccc1CN)c1ncns1. The quantitative estimate of drug-likeness (QED) is 0.879. The monoisotopic (exact) mass is 248 g/mol. The van der Waals surface area contributed by atoms with Crippen molar-refractivity contribution in [3.8, 4) is 0 Å². The van der Waals surface area contributed by atoms with Gasteiger partial charge >= 0.3 is 0 Å². The standard InChI is InChI=1S/C12H16N4S/c1-2-16(12-14-9-15-17-12)8-11-6-4-3-5-10(11)7-13/h3-6,9H,2,7-8,13H2,1H3. The van der Waals surface area contributed by atoms with Crippen LogP contribution < -0.4 is 10.6 Å². The van der Waals surface area contributed by atoms with E-state index in [1.165, 1.54) is 22.7 Å². The van der Waals surface area contributed by atoms with Crippen molar-refractivity contribution in [1.82, 2.24) is 9.36 Å². The van der Waals surface area contributed by atoms with E-state index < -0.39 is 0 Å². The Morgan fingerprint density at radius 2 is 2.06 bits per heavy atom. The number of hydrogen-bond donors (Lipinski definition) is 1. The minimum atomic E-state index is 0.573. The first-order valence-electron chi connectivity index (χ1n) is 5.63. The maximum Gasteiger partial charge on any atom is 0.205 e. The molecule has 90 valence electrons. The second-order valence-corrected chi connectivity index (χ2v) is 4.47. The first kappa shape index (κ1) is 12.0. The lowest BCUT2D eigenvalue weighted by Gasteiger charge is -2.20. The van der Waals surface area contributed by atoms with Crippen LogP contribution in [0, 0.1) is 0 Å². The van der Waals surface area contributed by atoms with E-state index in [9.17, 15) is 0 Å². The molecule has 0 saturated carbocycles. The van der Waals surface area contributed by atoms with Crippen LogP contribution in [0.25, 0.3) is 0 Å². The summed E-state index contributed by atoms with van der Waals surface area (Å²) in [6, 6.07) is 8.25. The van der Waals surface area contributed by atoms with Gasteiger partial charge in [-0.1, -0.05) is 24.3 Å². The summed E-state index contributed by atoms with van der Waals surface area (Å²) < 4.78 is 4.04. The molecule has 0 aliphatic carbocycles. The summed E-state index contributed by atoms with van der Waals surface area (Å²) >= 11 is 1.42. The number of rotatable bonds is 5. The molecule has 4 nitrogen and oxygen atoms in total. The zero-order chi connectivity index (χ0) is 12.1. The predicted molar refractivity (Wildman–Crippen MR) is 71.0 cm³/mol. The fraction of sp³-hybridized carbons (Fsp3) is 0.333. The first-order chi connectivity index (χ1) is 8.35. The minimum Gasteiger partial charge on any atom is -0.343 e. The summed E-state index contributed by atoms with van der Waals surface area (Å²) in [5, 5.41) is 0.958. The molecule has 0 saturated heterocycles. The van der Waals surface area contributed by atoms with Crippen LogP contribution in [0.15, 0.2) is 30.6 Å². The van der Waals surface area contributed by atoms with Gasteiger partial charge in [0, 0.05) is 31.2 Å². The summed E-state index contributed by atoms with van der Waals surface area (Å²) in [5.74, 6) is 0. The maximum atomic E-state index is 5.74. The highest BCUT2D eigenvalue weighted by Gasteiger charge is 2.10. The Bertz CT molecular complexity index is 455. The largest absolute Gasteiger partial charge is 0.343 e. The predicted octanol–water partition coefficient (Wildman–Crippen LogP) is 2.02. The summed E-state index contributed by atoms with van der Waals surface area (Å²) in [4.78, 5) is 6.44. The summed E-state index contributed by atoms with van der Waals surface area (Å²) in [6.45, 7) is 4.43. The van der Waals surface area contributed by atoms with Gasteiger partial charge in [0.1, 0.15) is 6.33 Å². The van der Waals surface area contributed by atoms with Gasteiger partial charge in [-0.15, -0.1) is 0 Å². The maximum absolute atomic E-state index is 5.74. The number of nitrogens with zero attached hydrogens (tertiary/aromatic N) is 3. The molecular weight excluding hydrogens is 232 g/mol. The van der Waals surface area contributed by atoms with Crippen molar-refractivity contribution < 1.29 is 0 Å². The molecule has 1 aromatic heterocycles. The fourth-order valence-corrected chi connectivity index (χ4v) is 2.33. The lowest BCUT2D eigenvalue weighted by molar-refractivity contribution is 0.814. The van der Waals surface area contributed by atoms with Crippen molar-refractivity contribution in [2.45, 2.75) is 20.0 Å². The van der Waals surface area contributed by atoms with Crippen LogP contribution >= 0.6 is 11.5 Å². The zero-order valence-corrected chi connectivity index (χ0v) is 10.7. The van der Waals surface area contributed by atoms with E-state index in [0.29, 0.717) is 6.54 Å². The number of benzene rings is 1. The molecule has 2 rings (SSSR count). The molecule has 0 aliphatic rings. The van der Waals surface area contributed by atoms with Crippen molar-refractivity contribution in [3.63, 3.8) is 0 Å². The number of nitrogens with two attached hydrogens (primary N) is 1. The molecule has 2 aromatic rings. The van der Waals surface area contributed by atoms with Crippen molar-refractivity contribution in [2.24, 2.45) is 5.73 Å². The molecule has 0 radical (unpaired) electrons. The van der Waals surface area contributed by atoms with Gasteiger partial charge < -0.3 is 10.6 Å². The topological polar surface area (TPSA) is 55.0 Å². The van der Waals surface area contributed by atoms with E-state index in [1.54, 1.807) is 6.33 Å². The molecule has 0 bridgehead atoms. The smallest absolute Gasteiger partial charge is 0.205 e. The van der Waals surface area contributed by atoms with E-state index in [1.807, 2.05) is 12.1 Å². The molecule has 0 unspecified atom stereocenters. The second-order valence-electron chi connectivity index (χ2n) is 3.71.